The van der Waals surface area contributed by atoms with Crippen molar-refractivity contribution in [3.8, 4) is 11.5 Å². The standard InChI is InChI=1S/C22H17N3O2S2/c26-20(15-28-22-25-24-21(27-22)16-9-3-1-4-10-16)23-18-13-7-8-14-19(18)29-17-11-5-2-6-12-17/h1-14H,15H2,(H,23,26). The monoisotopic (exact) mass is 419 g/mol. The molecule has 0 unspecified atom stereocenters. The molecule has 0 saturated heterocycles. The Morgan fingerprint density at radius 3 is 2.34 bits per heavy atom. The molecule has 0 aliphatic heterocycles. The van der Waals surface area contributed by atoms with E-state index < -0.39 is 0 Å². The van der Waals surface area contributed by atoms with Crippen molar-refractivity contribution in [1.29, 1.82) is 0 Å². The van der Waals surface area contributed by atoms with E-state index >= 15 is 0 Å². The van der Waals surface area contributed by atoms with Gasteiger partial charge in [-0.3, -0.25) is 4.79 Å². The molecule has 29 heavy (non-hydrogen) atoms. The molecule has 4 rings (SSSR count). The summed E-state index contributed by atoms with van der Waals surface area (Å²) in [6, 6.07) is 27.3. The van der Waals surface area contributed by atoms with Crippen LogP contribution in [0.2, 0.25) is 0 Å². The largest absolute Gasteiger partial charge is 0.411 e. The first-order valence-electron chi connectivity index (χ1n) is 8.91. The van der Waals surface area contributed by atoms with Crippen LogP contribution in [0.4, 0.5) is 5.69 Å². The van der Waals surface area contributed by atoms with Crippen LogP contribution in [0.15, 0.2) is 104 Å². The molecule has 4 aromatic rings. The third-order valence-electron chi connectivity index (χ3n) is 3.89. The molecule has 0 saturated carbocycles. The minimum Gasteiger partial charge on any atom is -0.411 e. The van der Waals surface area contributed by atoms with Crippen molar-refractivity contribution in [3.63, 3.8) is 0 Å². The van der Waals surface area contributed by atoms with Crippen LogP contribution in [0.3, 0.4) is 0 Å². The highest BCUT2D eigenvalue weighted by Gasteiger charge is 2.12. The topological polar surface area (TPSA) is 68.0 Å². The van der Waals surface area contributed by atoms with Gasteiger partial charge in [-0.25, -0.2) is 0 Å². The first-order chi connectivity index (χ1) is 14.3. The van der Waals surface area contributed by atoms with Gasteiger partial charge in [0.15, 0.2) is 0 Å². The van der Waals surface area contributed by atoms with Gasteiger partial charge in [-0.1, -0.05) is 72.1 Å². The van der Waals surface area contributed by atoms with Crippen LogP contribution in [0.1, 0.15) is 0 Å². The predicted octanol–water partition coefficient (Wildman–Crippen LogP) is 5.62. The molecular weight excluding hydrogens is 402 g/mol. The zero-order valence-electron chi connectivity index (χ0n) is 15.3. The summed E-state index contributed by atoms with van der Waals surface area (Å²) in [5, 5.41) is 11.4. The molecule has 1 N–H and O–H groups in total. The molecule has 0 spiro atoms. The van der Waals surface area contributed by atoms with E-state index in [2.05, 4.69) is 15.5 Å². The molecular formula is C22H17N3O2S2. The number of amides is 1. The minimum absolute atomic E-state index is 0.129. The molecule has 1 amide bonds. The van der Waals surface area contributed by atoms with Crippen LogP contribution in [0.25, 0.3) is 11.5 Å². The van der Waals surface area contributed by atoms with Crippen molar-refractivity contribution in [2.45, 2.75) is 15.0 Å². The Labute approximate surface area is 176 Å². The zero-order chi connectivity index (χ0) is 19.9. The van der Waals surface area contributed by atoms with Gasteiger partial charge in [0, 0.05) is 15.4 Å². The maximum Gasteiger partial charge on any atom is 0.277 e. The van der Waals surface area contributed by atoms with Gasteiger partial charge < -0.3 is 9.73 Å². The fourth-order valence-corrected chi connectivity index (χ4v) is 4.04. The highest BCUT2D eigenvalue weighted by molar-refractivity contribution is 8.00. The van der Waals surface area contributed by atoms with E-state index in [1.807, 2.05) is 84.9 Å². The molecule has 3 aromatic carbocycles. The molecule has 1 heterocycles. The second kappa shape index (κ2) is 9.45. The first-order valence-corrected chi connectivity index (χ1v) is 10.7. The molecule has 5 nitrogen and oxygen atoms in total. The van der Waals surface area contributed by atoms with E-state index in [4.69, 9.17) is 4.42 Å². The maximum atomic E-state index is 12.4. The van der Waals surface area contributed by atoms with Gasteiger partial charge in [0.2, 0.25) is 11.8 Å². The van der Waals surface area contributed by atoms with Crippen LogP contribution in [-0.2, 0) is 4.79 Å². The number of aromatic nitrogens is 2. The van der Waals surface area contributed by atoms with Crippen LogP contribution < -0.4 is 5.32 Å². The van der Waals surface area contributed by atoms with E-state index in [1.54, 1.807) is 11.8 Å². The molecule has 0 aliphatic rings. The van der Waals surface area contributed by atoms with Gasteiger partial charge in [0.05, 0.1) is 11.4 Å². The summed E-state index contributed by atoms with van der Waals surface area (Å²) in [6.07, 6.45) is 0. The van der Waals surface area contributed by atoms with Crippen molar-refractivity contribution in [2.24, 2.45) is 0 Å². The number of para-hydroxylation sites is 1. The lowest BCUT2D eigenvalue weighted by Crippen LogP contribution is -2.14. The lowest BCUT2D eigenvalue weighted by Gasteiger charge is -2.10. The summed E-state index contributed by atoms with van der Waals surface area (Å²) in [6.45, 7) is 0. The number of carbonyl (C=O) groups is 1. The van der Waals surface area contributed by atoms with E-state index in [-0.39, 0.29) is 11.7 Å². The van der Waals surface area contributed by atoms with Gasteiger partial charge in [0.25, 0.3) is 5.22 Å². The molecule has 144 valence electrons. The van der Waals surface area contributed by atoms with Crippen LogP contribution in [-0.4, -0.2) is 21.9 Å². The second-order valence-corrected chi connectivity index (χ2v) is 8.03. The SMILES string of the molecule is O=C(CSc1nnc(-c2ccccc2)o1)Nc1ccccc1Sc1ccccc1. The van der Waals surface area contributed by atoms with Crippen molar-refractivity contribution in [3.05, 3.63) is 84.9 Å². The van der Waals surface area contributed by atoms with Gasteiger partial charge in [-0.05, 0) is 36.4 Å². The Balaban J connectivity index is 1.36. The maximum absolute atomic E-state index is 12.4. The van der Waals surface area contributed by atoms with Gasteiger partial charge in [-0.2, -0.15) is 0 Å². The van der Waals surface area contributed by atoms with E-state index in [0.29, 0.717) is 11.1 Å². The summed E-state index contributed by atoms with van der Waals surface area (Å²) in [5.74, 6) is 0.495. The van der Waals surface area contributed by atoms with Crippen molar-refractivity contribution < 1.29 is 9.21 Å². The van der Waals surface area contributed by atoms with Gasteiger partial charge in [0.1, 0.15) is 0 Å². The fourth-order valence-electron chi connectivity index (χ4n) is 2.55. The van der Waals surface area contributed by atoms with Crippen LogP contribution in [0, 0.1) is 0 Å². The molecule has 7 heteroatoms. The molecule has 1 aromatic heterocycles. The Morgan fingerprint density at radius 1 is 0.862 bits per heavy atom. The van der Waals surface area contributed by atoms with Gasteiger partial charge >= 0.3 is 0 Å². The summed E-state index contributed by atoms with van der Waals surface area (Å²) in [5.41, 5.74) is 1.63. The smallest absolute Gasteiger partial charge is 0.277 e. The van der Waals surface area contributed by atoms with Crippen LogP contribution in [0.5, 0.6) is 0 Å². The highest BCUT2D eigenvalue weighted by Crippen LogP contribution is 2.33. The third kappa shape index (κ3) is 5.28. The number of nitrogens with one attached hydrogen (secondary N) is 1. The third-order valence-corrected chi connectivity index (χ3v) is 5.79. The molecule has 0 aliphatic carbocycles. The summed E-state index contributed by atoms with van der Waals surface area (Å²) in [4.78, 5) is 14.5. The minimum atomic E-state index is -0.129. The lowest BCUT2D eigenvalue weighted by molar-refractivity contribution is -0.113. The molecule has 0 fully saturated rings. The van der Waals surface area contributed by atoms with Gasteiger partial charge in [-0.15, -0.1) is 10.2 Å². The quantitative estimate of drug-likeness (QED) is 0.392. The summed E-state index contributed by atoms with van der Waals surface area (Å²) < 4.78 is 5.63. The first kappa shape index (κ1) is 19.3. The van der Waals surface area contributed by atoms with E-state index in [1.165, 1.54) is 11.8 Å². The number of carbonyl (C=O) groups excluding carboxylic acids is 1. The normalized spacial score (nSPS) is 10.6. The number of nitrogens with zero attached hydrogens (tertiary/aromatic N) is 2. The Hall–Kier alpha value is -3.03. The number of rotatable bonds is 7. The second-order valence-electron chi connectivity index (χ2n) is 5.99. The fraction of sp³-hybridized carbons (Fsp3) is 0.0455. The average Bonchev–Trinajstić information content (AvgIpc) is 3.24. The zero-order valence-corrected chi connectivity index (χ0v) is 17.0. The average molecular weight is 420 g/mol. The van der Waals surface area contributed by atoms with Crippen molar-refractivity contribution in [1.82, 2.24) is 10.2 Å². The van der Waals surface area contributed by atoms with E-state index in [0.717, 1.165) is 21.0 Å². The van der Waals surface area contributed by atoms with E-state index in [9.17, 15) is 4.79 Å². The van der Waals surface area contributed by atoms with Crippen molar-refractivity contribution in [2.75, 3.05) is 11.1 Å². The number of thioether (sulfide) groups is 1. The number of anilines is 1. The summed E-state index contributed by atoms with van der Waals surface area (Å²) >= 11 is 2.82. The Morgan fingerprint density at radius 2 is 1.55 bits per heavy atom. The van der Waals surface area contributed by atoms with Crippen LogP contribution >= 0.6 is 23.5 Å². The number of hydrogen-bond acceptors (Lipinski definition) is 6. The Bertz CT molecular complexity index is 1090. The number of hydrogen-bond donors (Lipinski definition) is 1. The summed E-state index contributed by atoms with van der Waals surface area (Å²) in [7, 11) is 0. The Kier molecular flexibility index (Phi) is 6.29. The predicted molar refractivity (Wildman–Crippen MR) is 116 cm³/mol. The van der Waals surface area contributed by atoms with Crippen molar-refractivity contribution >= 4 is 35.1 Å². The number of benzene rings is 3. The molecule has 0 atom stereocenters. The molecule has 0 bridgehead atoms. The molecule has 0 radical (unpaired) electrons. The highest BCUT2D eigenvalue weighted by atomic mass is 32.2. The lowest BCUT2D eigenvalue weighted by atomic mass is 10.2.